The molecule has 3 heterocycles. The number of fused-ring (bicyclic) bond motifs is 1. The van der Waals surface area contributed by atoms with Crippen molar-refractivity contribution in [1.29, 1.82) is 0 Å². The van der Waals surface area contributed by atoms with Gasteiger partial charge in [-0.25, -0.2) is 9.67 Å². The molecule has 1 saturated carbocycles. The summed E-state index contributed by atoms with van der Waals surface area (Å²) in [7, 11) is 0. The molecule has 150 valence electrons. The van der Waals surface area contributed by atoms with Crippen molar-refractivity contribution in [1.82, 2.24) is 19.7 Å². The van der Waals surface area contributed by atoms with Crippen LogP contribution in [0, 0.1) is 12.8 Å². The summed E-state index contributed by atoms with van der Waals surface area (Å²) in [6.45, 7) is 9.01. The Bertz CT molecular complexity index is 953. The zero-order valence-corrected chi connectivity index (χ0v) is 17.0. The molecule has 1 amide bonds. The van der Waals surface area contributed by atoms with Crippen LogP contribution in [0.5, 0.6) is 0 Å². The summed E-state index contributed by atoms with van der Waals surface area (Å²) < 4.78 is 1.91. The molecule has 7 nitrogen and oxygen atoms in total. The zero-order chi connectivity index (χ0) is 20.2. The minimum atomic E-state index is -0.826. The van der Waals surface area contributed by atoms with Gasteiger partial charge >= 0.3 is 5.97 Å². The lowest BCUT2D eigenvalue weighted by molar-refractivity contribution is -0.143. The minimum absolute atomic E-state index is 0.100. The van der Waals surface area contributed by atoms with Crippen molar-refractivity contribution in [2.24, 2.45) is 5.92 Å². The molecule has 0 spiro atoms. The van der Waals surface area contributed by atoms with Gasteiger partial charge in [0.25, 0.3) is 5.91 Å². The van der Waals surface area contributed by atoms with Gasteiger partial charge in [0.05, 0.1) is 28.1 Å². The third-order valence-corrected chi connectivity index (χ3v) is 5.75. The van der Waals surface area contributed by atoms with Crippen molar-refractivity contribution >= 4 is 22.9 Å². The molecular weight excluding hydrogens is 356 g/mol. The average Bonchev–Trinajstić information content (AvgIpc) is 3.43. The third-order valence-electron chi connectivity index (χ3n) is 5.75. The van der Waals surface area contributed by atoms with Crippen LogP contribution in [0.25, 0.3) is 11.0 Å². The van der Waals surface area contributed by atoms with E-state index in [-0.39, 0.29) is 18.0 Å². The highest BCUT2D eigenvalue weighted by Crippen LogP contribution is 2.41. The van der Waals surface area contributed by atoms with Crippen molar-refractivity contribution in [2.45, 2.75) is 64.8 Å². The van der Waals surface area contributed by atoms with Gasteiger partial charge in [0.15, 0.2) is 5.65 Å². The number of aliphatic carboxylic acids is 1. The lowest BCUT2D eigenvalue weighted by atomic mass is 9.97. The molecule has 28 heavy (non-hydrogen) atoms. The molecule has 4 rings (SSSR count). The Balaban J connectivity index is 1.82. The molecule has 1 aliphatic carbocycles. The van der Waals surface area contributed by atoms with Gasteiger partial charge in [0, 0.05) is 24.7 Å². The first-order valence-electron chi connectivity index (χ1n) is 10.1. The fourth-order valence-corrected chi connectivity index (χ4v) is 4.07. The molecule has 2 fully saturated rings. The van der Waals surface area contributed by atoms with Crippen molar-refractivity contribution in [2.75, 3.05) is 13.1 Å². The number of likely N-dealkylation sites (tertiary alicyclic amines) is 1. The van der Waals surface area contributed by atoms with Crippen molar-refractivity contribution in [3.05, 3.63) is 23.0 Å². The number of carboxylic acids is 1. The molecule has 1 N–H and O–H groups in total. The second-order valence-corrected chi connectivity index (χ2v) is 9.16. The van der Waals surface area contributed by atoms with Gasteiger partial charge in [-0.2, -0.15) is 5.10 Å². The van der Waals surface area contributed by atoms with Gasteiger partial charge in [-0.05, 0) is 59.4 Å². The van der Waals surface area contributed by atoms with Gasteiger partial charge < -0.3 is 10.0 Å². The zero-order valence-electron chi connectivity index (χ0n) is 17.0. The molecule has 1 aliphatic heterocycles. The number of amides is 1. The van der Waals surface area contributed by atoms with E-state index in [1.54, 1.807) is 4.90 Å². The Hall–Kier alpha value is -2.44. The number of piperidine rings is 1. The Morgan fingerprint density at radius 2 is 1.93 bits per heavy atom. The van der Waals surface area contributed by atoms with Crippen molar-refractivity contribution in [3.63, 3.8) is 0 Å². The third kappa shape index (κ3) is 3.27. The second-order valence-electron chi connectivity index (χ2n) is 9.16. The summed E-state index contributed by atoms with van der Waals surface area (Å²) in [6.07, 6.45) is 3.53. The SMILES string of the molecule is Cc1nn(C(C)(C)C)c2nc(C3CC3)cc(C(=O)N3CCC[C@H](C(=O)O)C3)c12. The molecule has 1 saturated heterocycles. The van der Waals surface area contributed by atoms with Crippen LogP contribution in [0.15, 0.2) is 6.07 Å². The molecule has 2 aliphatic rings. The monoisotopic (exact) mass is 384 g/mol. The Kier molecular flexibility index (Phi) is 4.43. The lowest BCUT2D eigenvalue weighted by Gasteiger charge is -2.31. The van der Waals surface area contributed by atoms with Crippen molar-refractivity contribution in [3.8, 4) is 0 Å². The lowest BCUT2D eigenvalue weighted by Crippen LogP contribution is -2.42. The first-order chi connectivity index (χ1) is 13.2. The summed E-state index contributed by atoms with van der Waals surface area (Å²) >= 11 is 0. The molecule has 2 aromatic rings. The van der Waals surface area contributed by atoms with Crippen LogP contribution in [-0.2, 0) is 10.3 Å². The molecule has 0 unspecified atom stereocenters. The summed E-state index contributed by atoms with van der Waals surface area (Å²) in [6, 6.07) is 1.92. The van der Waals surface area contributed by atoms with Crippen LogP contribution in [-0.4, -0.2) is 49.7 Å². The first kappa shape index (κ1) is 18.9. The summed E-state index contributed by atoms with van der Waals surface area (Å²) in [5.41, 5.74) is 2.86. The standard InChI is InChI=1S/C21H28N4O3/c1-12-17-15(19(26)24-9-5-6-14(11-24)20(27)28)10-16(13-7-8-13)22-18(17)25(23-12)21(2,3)4/h10,13-14H,5-9,11H2,1-4H3,(H,27,28)/t14-/m0/s1. The van der Waals surface area contributed by atoms with Crippen LogP contribution in [0.3, 0.4) is 0 Å². The van der Waals surface area contributed by atoms with E-state index in [1.165, 1.54) is 0 Å². The maximum atomic E-state index is 13.5. The van der Waals surface area contributed by atoms with Crippen LogP contribution in [0.1, 0.15) is 74.1 Å². The molecule has 7 heteroatoms. The van der Waals surface area contributed by atoms with E-state index in [9.17, 15) is 14.7 Å². The molecule has 0 radical (unpaired) electrons. The highest BCUT2D eigenvalue weighted by Gasteiger charge is 2.33. The van der Waals surface area contributed by atoms with E-state index in [1.807, 2.05) is 17.7 Å². The predicted octanol–water partition coefficient (Wildman–Crippen LogP) is 3.31. The van der Waals surface area contributed by atoms with E-state index in [4.69, 9.17) is 10.1 Å². The van der Waals surface area contributed by atoms with Gasteiger partial charge in [0.2, 0.25) is 0 Å². The minimum Gasteiger partial charge on any atom is -0.481 e. The number of pyridine rings is 1. The number of carbonyl (C=O) groups is 2. The van der Waals surface area contributed by atoms with E-state index >= 15 is 0 Å². The van der Waals surface area contributed by atoms with E-state index in [0.717, 1.165) is 35.3 Å². The highest BCUT2D eigenvalue weighted by atomic mass is 16.4. The molecule has 2 aromatic heterocycles. The van der Waals surface area contributed by atoms with Crippen LogP contribution in [0.4, 0.5) is 0 Å². The second kappa shape index (κ2) is 6.57. The first-order valence-corrected chi connectivity index (χ1v) is 10.1. The quantitative estimate of drug-likeness (QED) is 0.877. The summed E-state index contributed by atoms with van der Waals surface area (Å²) in [5, 5.41) is 14.9. The van der Waals surface area contributed by atoms with E-state index in [0.29, 0.717) is 30.9 Å². The number of carboxylic acid groups (broad SMARTS) is 1. The molecule has 0 aromatic carbocycles. The number of carbonyl (C=O) groups excluding carboxylic acids is 1. The summed E-state index contributed by atoms with van der Waals surface area (Å²) in [4.78, 5) is 31.5. The van der Waals surface area contributed by atoms with Crippen LogP contribution >= 0.6 is 0 Å². The largest absolute Gasteiger partial charge is 0.481 e. The van der Waals surface area contributed by atoms with Crippen LogP contribution in [0.2, 0.25) is 0 Å². The molecule has 1 atom stereocenters. The van der Waals surface area contributed by atoms with E-state index in [2.05, 4.69) is 20.8 Å². The average molecular weight is 384 g/mol. The Labute approximate surface area is 164 Å². The number of nitrogens with zero attached hydrogens (tertiary/aromatic N) is 4. The van der Waals surface area contributed by atoms with Gasteiger partial charge in [-0.15, -0.1) is 0 Å². The van der Waals surface area contributed by atoms with E-state index < -0.39 is 11.9 Å². The maximum absolute atomic E-state index is 13.5. The maximum Gasteiger partial charge on any atom is 0.308 e. The molecule has 0 bridgehead atoms. The molecular formula is C21H28N4O3. The Morgan fingerprint density at radius 1 is 1.21 bits per heavy atom. The smallest absolute Gasteiger partial charge is 0.308 e. The normalized spacial score (nSPS) is 20.6. The van der Waals surface area contributed by atoms with Gasteiger partial charge in [-0.1, -0.05) is 0 Å². The van der Waals surface area contributed by atoms with Gasteiger partial charge in [0.1, 0.15) is 0 Å². The number of rotatable bonds is 3. The number of hydrogen-bond donors (Lipinski definition) is 1. The number of hydrogen-bond acceptors (Lipinski definition) is 4. The highest BCUT2D eigenvalue weighted by molar-refractivity contribution is 6.06. The predicted molar refractivity (Wildman–Crippen MR) is 105 cm³/mol. The summed E-state index contributed by atoms with van der Waals surface area (Å²) in [5.74, 6) is -1.01. The number of aromatic nitrogens is 3. The number of aryl methyl sites for hydroxylation is 1. The fraction of sp³-hybridized carbons (Fsp3) is 0.619. The van der Waals surface area contributed by atoms with Gasteiger partial charge in [-0.3, -0.25) is 9.59 Å². The van der Waals surface area contributed by atoms with Crippen molar-refractivity contribution < 1.29 is 14.7 Å². The fourth-order valence-electron chi connectivity index (χ4n) is 4.07. The Morgan fingerprint density at radius 3 is 2.54 bits per heavy atom. The topological polar surface area (TPSA) is 88.3 Å². The van der Waals surface area contributed by atoms with Crippen LogP contribution < -0.4 is 0 Å².